The zero-order valence-corrected chi connectivity index (χ0v) is 6.49. The van der Waals surface area contributed by atoms with Crippen LogP contribution in [0.25, 0.3) is 0 Å². The number of allylic oxidation sites excluding steroid dienone is 1. The van der Waals surface area contributed by atoms with Gasteiger partial charge in [0, 0.05) is 12.4 Å². The van der Waals surface area contributed by atoms with Gasteiger partial charge in [0.15, 0.2) is 0 Å². The lowest BCUT2D eigenvalue weighted by Crippen LogP contribution is -2.29. The molecule has 0 atom stereocenters. The Bertz CT molecular complexity index is 289. The van der Waals surface area contributed by atoms with Gasteiger partial charge >= 0.3 is 0 Å². The van der Waals surface area contributed by atoms with E-state index in [1.807, 2.05) is 12.3 Å². The first-order valence-corrected chi connectivity index (χ1v) is 3.55. The van der Waals surface area contributed by atoms with Crippen molar-refractivity contribution in [3.63, 3.8) is 0 Å². The Balaban J connectivity index is 2.35. The molecule has 2 aliphatic heterocycles. The zero-order valence-electron chi connectivity index (χ0n) is 5.60. The Hall–Kier alpha value is -1.23. The van der Waals surface area contributed by atoms with Gasteiger partial charge in [-0.25, -0.2) is 4.99 Å². The minimum absolute atomic E-state index is 0.611. The predicted molar refractivity (Wildman–Crippen MR) is 47.1 cm³/mol. The van der Waals surface area contributed by atoms with Gasteiger partial charge in [-0.15, -0.1) is 17.7 Å². The molecule has 0 aromatic heterocycles. The van der Waals surface area contributed by atoms with E-state index in [0.717, 1.165) is 5.03 Å². The highest BCUT2D eigenvalue weighted by Crippen LogP contribution is 2.14. The molecule has 0 fully saturated rings. The normalized spacial score (nSPS) is 20.3. The highest BCUT2D eigenvalue weighted by molar-refractivity contribution is 7.84. The van der Waals surface area contributed by atoms with Crippen LogP contribution in [-0.4, -0.2) is 17.1 Å². The predicted octanol–water partition coefficient (Wildman–Crippen LogP) is 0.489. The number of hydrogen-bond acceptors (Lipinski definition) is 5. The fourth-order valence-electron chi connectivity index (χ4n) is 0.842. The number of aliphatic imine (C=N–C) groups is 1. The van der Waals surface area contributed by atoms with E-state index in [9.17, 15) is 0 Å². The molecule has 56 valence electrons. The summed E-state index contributed by atoms with van der Waals surface area (Å²) < 4.78 is 0. The Labute approximate surface area is 69.4 Å². The van der Waals surface area contributed by atoms with Gasteiger partial charge in [0.2, 0.25) is 0 Å². The number of thiol groups is 1. The minimum Gasteiger partial charge on any atom is -0.280 e. The second kappa shape index (κ2) is 2.43. The van der Waals surface area contributed by atoms with Gasteiger partial charge in [0.25, 0.3) is 5.96 Å². The highest BCUT2D eigenvalue weighted by Gasteiger charge is 2.14. The lowest BCUT2D eigenvalue weighted by Gasteiger charge is -2.23. The summed E-state index contributed by atoms with van der Waals surface area (Å²) in [4.78, 5) is 5.79. The second-order valence-corrected chi connectivity index (χ2v) is 2.49. The molecule has 0 saturated heterocycles. The van der Waals surface area contributed by atoms with Gasteiger partial charge in [-0.1, -0.05) is 0 Å². The smallest absolute Gasteiger partial charge is 0.251 e. The van der Waals surface area contributed by atoms with Crippen LogP contribution in [0.1, 0.15) is 0 Å². The largest absolute Gasteiger partial charge is 0.280 e. The summed E-state index contributed by atoms with van der Waals surface area (Å²) in [6.45, 7) is 0. The fourth-order valence-corrected chi connectivity index (χ4v) is 1.06. The van der Waals surface area contributed by atoms with Crippen LogP contribution >= 0.6 is 12.6 Å². The van der Waals surface area contributed by atoms with E-state index in [2.05, 4.69) is 28.1 Å². The Morgan fingerprint density at radius 2 is 2.45 bits per heavy atom. The maximum atomic E-state index is 4.20. The molecule has 1 N–H and O–H groups in total. The van der Waals surface area contributed by atoms with Crippen molar-refractivity contribution >= 4 is 24.8 Å². The zero-order chi connectivity index (χ0) is 7.68. The summed E-state index contributed by atoms with van der Waals surface area (Å²) >= 11 is 4.20. The van der Waals surface area contributed by atoms with Gasteiger partial charge in [-0.2, -0.15) is 0 Å². The first kappa shape index (κ1) is 6.48. The van der Waals surface area contributed by atoms with Crippen molar-refractivity contribution in [2.45, 2.75) is 0 Å². The molecule has 2 aliphatic rings. The summed E-state index contributed by atoms with van der Waals surface area (Å²) in [6, 6.07) is 0. The molecule has 2 heterocycles. The van der Waals surface area contributed by atoms with Crippen molar-refractivity contribution in [2.24, 2.45) is 10.1 Å². The molecule has 11 heavy (non-hydrogen) atoms. The summed E-state index contributed by atoms with van der Waals surface area (Å²) in [5.41, 5.74) is 2.69. The molecule has 0 unspecified atom stereocenters. The van der Waals surface area contributed by atoms with Crippen LogP contribution in [0.2, 0.25) is 0 Å². The third kappa shape index (κ3) is 1.03. The molecule has 0 amide bonds. The van der Waals surface area contributed by atoms with E-state index in [4.69, 9.17) is 0 Å². The Kier molecular flexibility index (Phi) is 1.43. The first-order valence-electron chi connectivity index (χ1n) is 3.10. The van der Waals surface area contributed by atoms with Gasteiger partial charge in [0.05, 0.1) is 11.2 Å². The number of guanidine groups is 1. The minimum atomic E-state index is 0.611. The van der Waals surface area contributed by atoms with Crippen LogP contribution in [0, 0.1) is 0 Å². The average molecular weight is 166 g/mol. The monoisotopic (exact) mass is 166 g/mol. The van der Waals surface area contributed by atoms with Crippen LogP contribution in [0.5, 0.6) is 0 Å². The number of fused-ring (bicyclic) bond motifs is 1. The molecule has 0 aromatic carbocycles. The van der Waals surface area contributed by atoms with Crippen LogP contribution in [-0.2, 0) is 0 Å². The van der Waals surface area contributed by atoms with Crippen molar-refractivity contribution in [3.05, 3.63) is 23.5 Å². The van der Waals surface area contributed by atoms with Crippen LogP contribution in [0.15, 0.2) is 33.6 Å². The van der Waals surface area contributed by atoms with Crippen molar-refractivity contribution in [3.8, 4) is 0 Å². The van der Waals surface area contributed by atoms with E-state index >= 15 is 0 Å². The molecule has 4 nitrogen and oxygen atoms in total. The molecular formula is C6H6N4S. The molecule has 0 aliphatic carbocycles. The van der Waals surface area contributed by atoms with Crippen molar-refractivity contribution in [1.29, 1.82) is 0 Å². The molecule has 0 spiro atoms. The Morgan fingerprint density at radius 3 is 3.27 bits per heavy atom. The second-order valence-electron chi connectivity index (χ2n) is 2.03. The standard InChI is InChI=1S/C6H6N4S/c11-5-4-8-9-6-7-2-1-3-10(5)6/h1-4,8,11H. The third-order valence-corrected chi connectivity index (χ3v) is 1.68. The maximum absolute atomic E-state index is 4.20. The lowest BCUT2D eigenvalue weighted by atomic mass is 10.5. The number of nitrogens with one attached hydrogen (secondary N) is 1. The average Bonchev–Trinajstić information content (AvgIpc) is 2.06. The molecule has 0 radical (unpaired) electrons. The van der Waals surface area contributed by atoms with E-state index in [-0.39, 0.29) is 0 Å². The molecule has 0 bridgehead atoms. The van der Waals surface area contributed by atoms with E-state index in [0.29, 0.717) is 5.96 Å². The van der Waals surface area contributed by atoms with Crippen LogP contribution in [0.4, 0.5) is 0 Å². The van der Waals surface area contributed by atoms with E-state index in [1.165, 1.54) is 0 Å². The summed E-state index contributed by atoms with van der Waals surface area (Å²) in [7, 11) is 0. The number of rotatable bonds is 0. The van der Waals surface area contributed by atoms with Gasteiger partial charge in [0.1, 0.15) is 0 Å². The maximum Gasteiger partial charge on any atom is 0.251 e. The van der Waals surface area contributed by atoms with E-state index in [1.54, 1.807) is 17.3 Å². The first-order chi connectivity index (χ1) is 5.38. The van der Waals surface area contributed by atoms with Gasteiger partial charge in [-0.3, -0.25) is 10.3 Å². The quantitative estimate of drug-likeness (QED) is 0.514. The fraction of sp³-hybridized carbons (Fsp3) is 0. The number of hydrogen-bond donors (Lipinski definition) is 2. The van der Waals surface area contributed by atoms with Crippen LogP contribution in [0.3, 0.4) is 0 Å². The number of nitrogens with zero attached hydrogens (tertiary/aromatic N) is 3. The molecule has 2 rings (SSSR count). The molecule has 5 heteroatoms. The molecule has 0 aromatic rings. The summed E-state index contributed by atoms with van der Waals surface area (Å²) in [5.74, 6) is 0.611. The molecule has 0 saturated carbocycles. The summed E-state index contributed by atoms with van der Waals surface area (Å²) in [5, 5.41) is 4.70. The van der Waals surface area contributed by atoms with Crippen molar-refractivity contribution < 1.29 is 0 Å². The number of hydrazone groups is 1. The van der Waals surface area contributed by atoms with Crippen LogP contribution < -0.4 is 5.43 Å². The van der Waals surface area contributed by atoms with Crippen molar-refractivity contribution in [1.82, 2.24) is 10.3 Å². The highest BCUT2D eigenvalue weighted by atomic mass is 32.1. The summed E-state index contributed by atoms with van der Waals surface area (Å²) in [6.07, 6.45) is 7.06. The Morgan fingerprint density at radius 1 is 1.55 bits per heavy atom. The van der Waals surface area contributed by atoms with E-state index < -0.39 is 0 Å². The topological polar surface area (TPSA) is 40.0 Å². The van der Waals surface area contributed by atoms with Crippen molar-refractivity contribution in [2.75, 3.05) is 0 Å². The lowest BCUT2D eigenvalue weighted by molar-refractivity contribution is 0.674. The molecular weight excluding hydrogens is 160 g/mol. The van der Waals surface area contributed by atoms with Gasteiger partial charge < -0.3 is 0 Å². The SMILES string of the molecule is SC1=CNN=C2N=CC=CN12. The van der Waals surface area contributed by atoms with Gasteiger partial charge in [-0.05, 0) is 6.08 Å². The third-order valence-electron chi connectivity index (χ3n) is 1.33.